The Morgan fingerprint density at radius 3 is 1.66 bits per heavy atom. The third kappa shape index (κ3) is 5.14. The van der Waals surface area contributed by atoms with Crippen LogP contribution in [0.4, 0.5) is 0 Å². The Kier molecular flexibility index (Phi) is 7.24. The van der Waals surface area contributed by atoms with E-state index in [0.717, 1.165) is 89.1 Å². The summed E-state index contributed by atoms with van der Waals surface area (Å²) in [5.74, 6) is 2.35. The van der Waals surface area contributed by atoms with Crippen molar-refractivity contribution in [2.24, 2.45) is 0 Å². The number of hydrogen-bond acceptors (Lipinski definition) is 3. The highest BCUT2D eigenvalue weighted by Crippen LogP contribution is 2.51. The van der Waals surface area contributed by atoms with Gasteiger partial charge in [-0.15, -0.1) is 0 Å². The van der Waals surface area contributed by atoms with Crippen LogP contribution in [-0.4, -0.2) is 19.1 Å². The lowest BCUT2D eigenvalue weighted by Crippen LogP contribution is -2.04. The minimum absolute atomic E-state index is 0.630. The van der Waals surface area contributed by atoms with Gasteiger partial charge in [-0.25, -0.2) is 9.97 Å². The number of nitrogens with zero attached hydrogens (tertiary/aromatic N) is 4. The topological polar surface area (TPSA) is 44.9 Å². The monoisotopic (exact) mass is 778 g/mol. The zero-order valence-electron chi connectivity index (χ0n) is 32.8. The molecule has 0 aliphatic carbocycles. The molecule has 0 radical (unpaired) electrons. The molecule has 284 valence electrons. The Bertz CT molecular complexity index is 3660. The number of rotatable bonds is 5. The Morgan fingerprint density at radius 2 is 0.918 bits per heavy atom. The predicted molar refractivity (Wildman–Crippen MR) is 250 cm³/mol. The Labute approximate surface area is 351 Å². The summed E-state index contributed by atoms with van der Waals surface area (Å²) in [5.41, 5.74) is 13.8. The second kappa shape index (κ2) is 13.1. The van der Waals surface area contributed by atoms with Crippen LogP contribution >= 0.6 is 0 Å². The van der Waals surface area contributed by atoms with Gasteiger partial charge in [-0.05, 0) is 70.6 Å². The van der Waals surface area contributed by atoms with Gasteiger partial charge >= 0.3 is 0 Å². The van der Waals surface area contributed by atoms with Gasteiger partial charge in [0.2, 0.25) is 5.95 Å². The molecule has 9 aromatic carbocycles. The summed E-state index contributed by atoms with van der Waals surface area (Å²) in [6.45, 7) is 0. The summed E-state index contributed by atoms with van der Waals surface area (Å²) in [5, 5.41) is 7.08. The van der Waals surface area contributed by atoms with Crippen LogP contribution in [0.3, 0.4) is 0 Å². The average molecular weight is 779 g/mol. The predicted octanol–water partition coefficient (Wildman–Crippen LogP) is 14.6. The first-order chi connectivity index (χ1) is 30.2. The number of fused-ring (bicyclic) bond motifs is 9. The second-order valence-electron chi connectivity index (χ2n) is 15.8. The van der Waals surface area contributed by atoms with E-state index in [9.17, 15) is 0 Å². The SMILES string of the molecule is c1ccc(-c2cc(-c3ccccc3)nc(-n3c4ccccc4c4ccc(-c5ccc6c(c5)-c5cccc7c5c(cc5c7c7ccccc7n5-c5ccccc5)O6)cc43)n2)cc1. The summed E-state index contributed by atoms with van der Waals surface area (Å²) in [6, 6.07) is 72.9. The van der Waals surface area contributed by atoms with E-state index < -0.39 is 0 Å². The van der Waals surface area contributed by atoms with Crippen molar-refractivity contribution >= 4 is 54.4 Å². The van der Waals surface area contributed by atoms with Crippen LogP contribution in [0, 0.1) is 0 Å². The van der Waals surface area contributed by atoms with Crippen LogP contribution in [0.15, 0.2) is 206 Å². The van der Waals surface area contributed by atoms with Crippen LogP contribution < -0.4 is 4.74 Å². The lowest BCUT2D eigenvalue weighted by molar-refractivity contribution is 0.487. The fourth-order valence-electron chi connectivity index (χ4n) is 9.60. The summed E-state index contributed by atoms with van der Waals surface area (Å²) in [4.78, 5) is 10.5. The minimum atomic E-state index is 0.630. The molecule has 4 heterocycles. The number of benzene rings is 9. The maximum Gasteiger partial charge on any atom is 0.235 e. The summed E-state index contributed by atoms with van der Waals surface area (Å²) < 4.78 is 11.5. The van der Waals surface area contributed by atoms with E-state index in [-0.39, 0.29) is 0 Å². The van der Waals surface area contributed by atoms with Gasteiger partial charge in [-0.3, -0.25) is 4.57 Å². The first kappa shape index (κ1) is 33.7. The standard InChI is InChI=1S/C56H34N4O/c1-4-15-35(16-5-1)46-33-47(36-17-6-2-7-18-36)58-56(57-46)60-48-25-12-10-21-40(48)41-29-27-38(32-50(41)60)37-28-30-52-45(31-37)42-23-14-24-44-54-43-22-11-13-26-49(43)59(39-19-8-3-9-20-39)51(54)34-53(61-52)55(42)44/h1-34H. The van der Waals surface area contributed by atoms with Crippen molar-refractivity contribution < 1.29 is 4.74 Å². The molecule has 12 aromatic rings. The molecule has 61 heavy (non-hydrogen) atoms. The minimum Gasteiger partial charge on any atom is -0.456 e. The summed E-state index contributed by atoms with van der Waals surface area (Å²) in [6.07, 6.45) is 0. The van der Waals surface area contributed by atoms with E-state index in [1.165, 1.54) is 27.2 Å². The van der Waals surface area contributed by atoms with Crippen molar-refractivity contribution in [3.8, 4) is 67.9 Å². The molecule has 0 N–H and O–H groups in total. The molecule has 1 aliphatic heterocycles. The van der Waals surface area contributed by atoms with Gasteiger partial charge in [-0.2, -0.15) is 0 Å². The third-order valence-electron chi connectivity index (χ3n) is 12.3. The molecule has 0 amide bonds. The molecule has 0 fully saturated rings. The second-order valence-corrected chi connectivity index (χ2v) is 15.8. The third-order valence-corrected chi connectivity index (χ3v) is 12.3. The zero-order valence-corrected chi connectivity index (χ0v) is 32.8. The molecule has 0 bridgehead atoms. The highest BCUT2D eigenvalue weighted by atomic mass is 16.5. The zero-order chi connectivity index (χ0) is 40.0. The van der Waals surface area contributed by atoms with Crippen LogP contribution in [0.2, 0.25) is 0 Å². The molecule has 0 saturated carbocycles. The van der Waals surface area contributed by atoms with Crippen LogP contribution in [0.1, 0.15) is 0 Å². The molecule has 0 unspecified atom stereocenters. The Morgan fingerprint density at radius 1 is 0.328 bits per heavy atom. The molecular formula is C56H34N4O. The largest absolute Gasteiger partial charge is 0.456 e. The van der Waals surface area contributed by atoms with Crippen molar-refractivity contribution in [3.63, 3.8) is 0 Å². The van der Waals surface area contributed by atoms with Crippen molar-refractivity contribution in [1.29, 1.82) is 0 Å². The molecule has 5 nitrogen and oxygen atoms in total. The van der Waals surface area contributed by atoms with E-state index in [0.29, 0.717) is 5.95 Å². The van der Waals surface area contributed by atoms with E-state index in [1.54, 1.807) is 0 Å². The Balaban J connectivity index is 0.999. The quantitative estimate of drug-likeness (QED) is 0.175. The van der Waals surface area contributed by atoms with Crippen LogP contribution in [0.5, 0.6) is 11.5 Å². The van der Waals surface area contributed by atoms with Crippen molar-refractivity contribution in [2.45, 2.75) is 0 Å². The molecule has 0 saturated heterocycles. The van der Waals surface area contributed by atoms with Crippen molar-refractivity contribution in [3.05, 3.63) is 206 Å². The highest BCUT2D eigenvalue weighted by Gasteiger charge is 2.26. The van der Waals surface area contributed by atoms with Gasteiger partial charge in [0.25, 0.3) is 0 Å². The molecule has 3 aromatic heterocycles. The fraction of sp³-hybridized carbons (Fsp3) is 0. The first-order valence-electron chi connectivity index (χ1n) is 20.7. The van der Waals surface area contributed by atoms with Gasteiger partial charge < -0.3 is 9.30 Å². The normalized spacial score (nSPS) is 12.1. The lowest BCUT2D eigenvalue weighted by Gasteiger charge is -2.23. The maximum absolute atomic E-state index is 6.88. The fourth-order valence-corrected chi connectivity index (χ4v) is 9.60. The molecule has 5 heteroatoms. The van der Waals surface area contributed by atoms with Gasteiger partial charge in [-0.1, -0.05) is 152 Å². The van der Waals surface area contributed by atoms with Gasteiger partial charge in [0.1, 0.15) is 11.5 Å². The van der Waals surface area contributed by atoms with E-state index >= 15 is 0 Å². The summed E-state index contributed by atoms with van der Waals surface area (Å²) >= 11 is 0. The molecule has 0 atom stereocenters. The molecule has 13 rings (SSSR count). The molecular weight excluding hydrogens is 745 g/mol. The first-order valence-corrected chi connectivity index (χ1v) is 20.7. The molecule has 1 aliphatic rings. The number of ether oxygens (including phenoxy) is 1. The number of hydrogen-bond donors (Lipinski definition) is 0. The number of para-hydroxylation sites is 3. The highest BCUT2D eigenvalue weighted by molar-refractivity contribution is 6.25. The number of aromatic nitrogens is 4. The van der Waals surface area contributed by atoms with Crippen LogP contribution in [0.25, 0.3) is 111 Å². The van der Waals surface area contributed by atoms with Crippen molar-refractivity contribution in [2.75, 3.05) is 0 Å². The smallest absolute Gasteiger partial charge is 0.235 e. The van der Waals surface area contributed by atoms with Gasteiger partial charge in [0, 0.05) is 55.4 Å². The van der Waals surface area contributed by atoms with E-state index in [2.05, 4.69) is 203 Å². The van der Waals surface area contributed by atoms with Gasteiger partial charge in [0.15, 0.2) is 0 Å². The van der Waals surface area contributed by atoms with Crippen molar-refractivity contribution in [1.82, 2.24) is 19.1 Å². The van der Waals surface area contributed by atoms with Crippen LogP contribution in [-0.2, 0) is 0 Å². The lowest BCUT2D eigenvalue weighted by atomic mass is 9.90. The molecule has 0 spiro atoms. The maximum atomic E-state index is 6.88. The summed E-state index contributed by atoms with van der Waals surface area (Å²) in [7, 11) is 0. The van der Waals surface area contributed by atoms with Gasteiger partial charge in [0.05, 0.1) is 33.5 Å². The van der Waals surface area contributed by atoms with E-state index in [1.807, 2.05) is 12.1 Å². The van der Waals surface area contributed by atoms with E-state index in [4.69, 9.17) is 14.7 Å². The Hall–Kier alpha value is -8.28. The average Bonchev–Trinajstić information content (AvgIpc) is 3.85.